The minimum Gasteiger partial charge on any atom is -0.383 e. The highest BCUT2D eigenvalue weighted by Crippen LogP contribution is 2.20. The normalized spacial score (nSPS) is 11.4. The summed E-state index contributed by atoms with van der Waals surface area (Å²) >= 11 is 5.91. The van der Waals surface area contributed by atoms with Crippen molar-refractivity contribution in [3.05, 3.63) is 50.1 Å². The molecular formula is C21H27ClN8O3. The van der Waals surface area contributed by atoms with Crippen molar-refractivity contribution in [1.29, 1.82) is 0 Å². The van der Waals surface area contributed by atoms with Gasteiger partial charge in [0, 0.05) is 23.7 Å². The highest BCUT2D eigenvalue weighted by atomic mass is 35.5. The molecule has 0 aliphatic carbocycles. The summed E-state index contributed by atoms with van der Waals surface area (Å²) in [5.74, 6) is -0.0662. The number of amides is 1. The Labute approximate surface area is 195 Å². The zero-order valence-corrected chi connectivity index (χ0v) is 19.7. The molecule has 0 aliphatic heterocycles. The van der Waals surface area contributed by atoms with E-state index in [9.17, 15) is 14.4 Å². The molecule has 176 valence electrons. The standard InChI is InChI=1S/C21H27ClN8O3/c1-12(2)9-28(17-18(23)29(10-13(3)4)21(33)24-20(17)32)16(31)11-30-26-19(25-27-30)14-5-7-15(22)8-6-14/h5-8,12-13H,9-11,23H2,1-4H3,(H,24,32,33). The molecule has 0 radical (unpaired) electrons. The van der Waals surface area contributed by atoms with Crippen molar-refractivity contribution in [3.63, 3.8) is 0 Å². The summed E-state index contributed by atoms with van der Waals surface area (Å²) < 4.78 is 1.27. The van der Waals surface area contributed by atoms with Gasteiger partial charge in [-0.15, -0.1) is 10.2 Å². The fraction of sp³-hybridized carbons (Fsp3) is 0.429. The van der Waals surface area contributed by atoms with Crippen molar-refractivity contribution in [3.8, 4) is 11.4 Å². The zero-order valence-electron chi connectivity index (χ0n) is 18.9. The number of anilines is 2. The summed E-state index contributed by atoms with van der Waals surface area (Å²) in [5.41, 5.74) is 5.52. The molecule has 0 atom stereocenters. The number of tetrazole rings is 1. The first-order valence-electron chi connectivity index (χ1n) is 10.5. The van der Waals surface area contributed by atoms with Crippen LogP contribution >= 0.6 is 11.6 Å². The lowest BCUT2D eigenvalue weighted by molar-refractivity contribution is -0.119. The second-order valence-electron chi connectivity index (χ2n) is 8.55. The van der Waals surface area contributed by atoms with Crippen molar-refractivity contribution >= 4 is 29.0 Å². The van der Waals surface area contributed by atoms with E-state index in [-0.39, 0.29) is 36.4 Å². The molecule has 11 nitrogen and oxygen atoms in total. The lowest BCUT2D eigenvalue weighted by Gasteiger charge is -2.26. The number of nitrogens with two attached hydrogens (primary N) is 1. The Kier molecular flexibility index (Phi) is 7.32. The van der Waals surface area contributed by atoms with Gasteiger partial charge >= 0.3 is 5.69 Å². The Hall–Kier alpha value is -3.47. The fourth-order valence-corrected chi connectivity index (χ4v) is 3.42. The number of nitrogen functional groups attached to an aromatic ring is 1. The number of carbonyl (C=O) groups is 1. The van der Waals surface area contributed by atoms with Gasteiger partial charge in [0.1, 0.15) is 12.4 Å². The second-order valence-corrected chi connectivity index (χ2v) is 8.98. The van der Waals surface area contributed by atoms with Gasteiger partial charge in [0.2, 0.25) is 5.82 Å². The maximum absolute atomic E-state index is 13.2. The number of rotatable bonds is 8. The quantitative estimate of drug-likeness (QED) is 0.506. The number of carbonyl (C=O) groups excluding carboxylic acids is 1. The van der Waals surface area contributed by atoms with Gasteiger partial charge < -0.3 is 10.6 Å². The average molecular weight is 475 g/mol. The predicted octanol–water partition coefficient (Wildman–Crippen LogP) is 1.77. The van der Waals surface area contributed by atoms with Crippen LogP contribution in [0.15, 0.2) is 33.9 Å². The Balaban J connectivity index is 1.94. The van der Waals surface area contributed by atoms with E-state index in [1.807, 2.05) is 27.7 Å². The van der Waals surface area contributed by atoms with Crippen molar-refractivity contribution in [2.24, 2.45) is 11.8 Å². The Bertz CT molecular complexity index is 1240. The summed E-state index contributed by atoms with van der Waals surface area (Å²) in [5, 5.41) is 12.8. The first-order chi connectivity index (χ1) is 15.6. The molecule has 33 heavy (non-hydrogen) atoms. The van der Waals surface area contributed by atoms with Crippen LogP contribution in [0.1, 0.15) is 27.7 Å². The minimum absolute atomic E-state index is 0.0200. The van der Waals surface area contributed by atoms with Crippen molar-refractivity contribution in [1.82, 2.24) is 29.8 Å². The Morgan fingerprint density at radius 2 is 1.82 bits per heavy atom. The van der Waals surface area contributed by atoms with Gasteiger partial charge in [-0.2, -0.15) is 4.80 Å². The molecule has 0 bridgehead atoms. The third kappa shape index (κ3) is 5.67. The molecule has 0 unspecified atom stereocenters. The predicted molar refractivity (Wildman–Crippen MR) is 126 cm³/mol. The molecule has 0 saturated carbocycles. The number of hydrogen-bond donors (Lipinski definition) is 2. The van der Waals surface area contributed by atoms with E-state index in [0.29, 0.717) is 23.0 Å². The third-order valence-electron chi connectivity index (χ3n) is 4.71. The maximum Gasteiger partial charge on any atom is 0.330 e. The molecule has 0 aliphatic rings. The van der Waals surface area contributed by atoms with E-state index in [4.69, 9.17) is 17.3 Å². The van der Waals surface area contributed by atoms with Crippen LogP contribution in [-0.4, -0.2) is 42.2 Å². The zero-order chi connectivity index (χ0) is 24.3. The second kappa shape index (κ2) is 9.99. The molecule has 3 aromatic rings. The first kappa shape index (κ1) is 24.2. The van der Waals surface area contributed by atoms with E-state index < -0.39 is 17.2 Å². The number of benzene rings is 1. The lowest BCUT2D eigenvalue weighted by Crippen LogP contribution is -2.44. The maximum atomic E-state index is 13.2. The molecule has 0 fully saturated rings. The van der Waals surface area contributed by atoms with E-state index in [1.54, 1.807) is 24.3 Å². The topological polar surface area (TPSA) is 145 Å². The number of nitrogens with zero attached hydrogens (tertiary/aromatic N) is 6. The average Bonchev–Trinajstić information content (AvgIpc) is 3.18. The van der Waals surface area contributed by atoms with E-state index in [1.165, 1.54) is 9.47 Å². The molecule has 2 heterocycles. The summed E-state index contributed by atoms with van der Waals surface area (Å²) in [4.78, 5) is 42.9. The summed E-state index contributed by atoms with van der Waals surface area (Å²) in [6.45, 7) is 7.89. The summed E-state index contributed by atoms with van der Waals surface area (Å²) in [6, 6.07) is 6.89. The SMILES string of the molecule is CC(C)CN(C(=O)Cn1nnc(-c2ccc(Cl)cc2)n1)c1c(N)n(CC(C)C)c(=O)[nH]c1=O. The molecule has 1 amide bonds. The van der Waals surface area contributed by atoms with Gasteiger partial charge in [-0.25, -0.2) is 4.79 Å². The summed E-state index contributed by atoms with van der Waals surface area (Å²) in [6.07, 6.45) is 0. The molecule has 0 saturated heterocycles. The smallest absolute Gasteiger partial charge is 0.330 e. The van der Waals surface area contributed by atoms with Crippen LogP contribution in [0.25, 0.3) is 11.4 Å². The molecular weight excluding hydrogens is 448 g/mol. The van der Waals surface area contributed by atoms with Gasteiger partial charge in [-0.1, -0.05) is 39.3 Å². The van der Waals surface area contributed by atoms with E-state index in [0.717, 1.165) is 4.80 Å². The third-order valence-corrected chi connectivity index (χ3v) is 4.96. The fourth-order valence-electron chi connectivity index (χ4n) is 3.30. The van der Waals surface area contributed by atoms with Crippen LogP contribution in [0.3, 0.4) is 0 Å². The van der Waals surface area contributed by atoms with E-state index in [2.05, 4.69) is 20.4 Å². The molecule has 0 spiro atoms. The van der Waals surface area contributed by atoms with Crippen LogP contribution < -0.4 is 21.9 Å². The first-order valence-corrected chi connectivity index (χ1v) is 10.9. The van der Waals surface area contributed by atoms with E-state index >= 15 is 0 Å². The Morgan fingerprint density at radius 1 is 1.15 bits per heavy atom. The molecule has 1 aromatic carbocycles. The number of hydrogen-bond acceptors (Lipinski definition) is 7. The minimum atomic E-state index is -0.722. The van der Waals surface area contributed by atoms with Crippen LogP contribution in [0.4, 0.5) is 11.5 Å². The lowest BCUT2D eigenvalue weighted by atomic mass is 10.2. The van der Waals surface area contributed by atoms with Crippen molar-refractivity contribution < 1.29 is 4.79 Å². The number of halogens is 1. The number of nitrogens with one attached hydrogen (secondary N) is 1. The molecule has 3 rings (SSSR count). The van der Waals surface area contributed by atoms with Gasteiger partial charge in [0.25, 0.3) is 11.5 Å². The summed E-state index contributed by atoms with van der Waals surface area (Å²) in [7, 11) is 0. The van der Waals surface area contributed by atoms with Gasteiger partial charge in [-0.3, -0.25) is 19.1 Å². The molecule has 12 heteroatoms. The Morgan fingerprint density at radius 3 is 2.42 bits per heavy atom. The number of aromatic nitrogens is 6. The van der Waals surface area contributed by atoms with Crippen LogP contribution in [0.2, 0.25) is 5.02 Å². The van der Waals surface area contributed by atoms with Crippen LogP contribution in [-0.2, 0) is 17.9 Å². The number of H-pyrrole nitrogens is 1. The van der Waals surface area contributed by atoms with Crippen molar-refractivity contribution in [2.45, 2.75) is 40.8 Å². The van der Waals surface area contributed by atoms with Gasteiger partial charge in [-0.05, 0) is 41.3 Å². The van der Waals surface area contributed by atoms with Crippen LogP contribution in [0.5, 0.6) is 0 Å². The molecule has 2 aromatic heterocycles. The highest BCUT2D eigenvalue weighted by Gasteiger charge is 2.26. The van der Waals surface area contributed by atoms with Crippen molar-refractivity contribution in [2.75, 3.05) is 17.2 Å². The van der Waals surface area contributed by atoms with Gasteiger partial charge in [0.05, 0.1) is 0 Å². The number of aromatic amines is 1. The molecule has 3 N–H and O–H groups in total. The monoisotopic (exact) mass is 474 g/mol. The van der Waals surface area contributed by atoms with Gasteiger partial charge in [0.15, 0.2) is 5.69 Å². The van der Waals surface area contributed by atoms with Crippen LogP contribution in [0, 0.1) is 11.8 Å². The largest absolute Gasteiger partial charge is 0.383 e. The highest BCUT2D eigenvalue weighted by molar-refractivity contribution is 6.30.